The molecule has 1 atom stereocenters. The fraction of sp³-hybridized carbons (Fsp3) is 0.833. The average molecular weight is 222 g/mol. The largest absolute Gasteiger partial charge is 0.313 e. The van der Waals surface area contributed by atoms with Gasteiger partial charge in [-0.25, -0.2) is 0 Å². The number of hydrogen-bond donors (Lipinski definition) is 1. The summed E-state index contributed by atoms with van der Waals surface area (Å²) >= 11 is 0. The average Bonchev–Trinajstić information content (AvgIpc) is 2.99. The number of nitrogens with one attached hydrogen (secondary N) is 1. The van der Waals surface area contributed by atoms with Gasteiger partial charge in [0.25, 0.3) is 0 Å². The Morgan fingerprint density at radius 2 is 2.25 bits per heavy atom. The van der Waals surface area contributed by atoms with Crippen LogP contribution in [0, 0.1) is 5.92 Å². The van der Waals surface area contributed by atoms with Crippen LogP contribution in [0.1, 0.15) is 51.9 Å². The zero-order chi connectivity index (χ0) is 11.5. The van der Waals surface area contributed by atoms with E-state index in [-0.39, 0.29) is 0 Å². The molecule has 0 amide bonds. The highest BCUT2D eigenvalue weighted by Crippen LogP contribution is 2.35. The van der Waals surface area contributed by atoms with Gasteiger partial charge < -0.3 is 9.88 Å². The molecule has 1 saturated carbocycles. The summed E-state index contributed by atoms with van der Waals surface area (Å²) in [7, 11) is 0. The van der Waals surface area contributed by atoms with Crippen LogP contribution in [0.2, 0.25) is 0 Å². The molecule has 1 fully saturated rings. The SMILES string of the molecule is CCC(NCc1nncn1C1CC1)C(C)C. The Kier molecular flexibility index (Phi) is 3.59. The van der Waals surface area contributed by atoms with E-state index in [0.29, 0.717) is 18.0 Å². The van der Waals surface area contributed by atoms with E-state index in [4.69, 9.17) is 0 Å². The summed E-state index contributed by atoms with van der Waals surface area (Å²) in [4.78, 5) is 0. The summed E-state index contributed by atoms with van der Waals surface area (Å²) in [5.41, 5.74) is 0. The molecule has 4 nitrogen and oxygen atoms in total. The molecule has 16 heavy (non-hydrogen) atoms. The van der Waals surface area contributed by atoms with Crippen LogP contribution >= 0.6 is 0 Å². The van der Waals surface area contributed by atoms with E-state index in [9.17, 15) is 0 Å². The van der Waals surface area contributed by atoms with E-state index >= 15 is 0 Å². The molecule has 1 heterocycles. The molecule has 1 unspecified atom stereocenters. The summed E-state index contributed by atoms with van der Waals surface area (Å²) in [6.07, 6.45) is 5.60. The van der Waals surface area contributed by atoms with Gasteiger partial charge in [0.05, 0.1) is 6.54 Å². The van der Waals surface area contributed by atoms with Gasteiger partial charge in [0.15, 0.2) is 0 Å². The predicted molar refractivity (Wildman–Crippen MR) is 64.0 cm³/mol. The third-order valence-electron chi connectivity index (χ3n) is 3.35. The van der Waals surface area contributed by atoms with E-state index in [0.717, 1.165) is 18.8 Å². The highest BCUT2D eigenvalue weighted by atomic mass is 15.3. The van der Waals surface area contributed by atoms with Crippen LogP contribution < -0.4 is 5.32 Å². The van der Waals surface area contributed by atoms with Crippen molar-refractivity contribution in [1.82, 2.24) is 20.1 Å². The zero-order valence-corrected chi connectivity index (χ0v) is 10.5. The molecule has 1 N–H and O–H groups in total. The summed E-state index contributed by atoms with van der Waals surface area (Å²) in [5.74, 6) is 1.75. The van der Waals surface area contributed by atoms with Gasteiger partial charge in [0.2, 0.25) is 0 Å². The number of aromatic nitrogens is 3. The normalized spacial score (nSPS) is 18.0. The predicted octanol–water partition coefficient (Wildman–Crippen LogP) is 2.14. The molecule has 1 aliphatic rings. The molecular weight excluding hydrogens is 200 g/mol. The highest BCUT2D eigenvalue weighted by Gasteiger charge is 2.26. The van der Waals surface area contributed by atoms with Crippen molar-refractivity contribution < 1.29 is 0 Å². The second-order valence-corrected chi connectivity index (χ2v) is 5.03. The van der Waals surface area contributed by atoms with Crippen molar-refractivity contribution in [3.05, 3.63) is 12.2 Å². The minimum atomic E-state index is 0.573. The molecular formula is C12H22N4. The Balaban J connectivity index is 1.90. The maximum absolute atomic E-state index is 4.19. The fourth-order valence-corrected chi connectivity index (χ4v) is 2.12. The van der Waals surface area contributed by atoms with Crippen LogP contribution in [0.3, 0.4) is 0 Å². The van der Waals surface area contributed by atoms with Gasteiger partial charge in [-0.2, -0.15) is 0 Å². The van der Waals surface area contributed by atoms with Crippen LogP contribution in [0.4, 0.5) is 0 Å². The first-order valence-electron chi connectivity index (χ1n) is 6.34. The van der Waals surface area contributed by atoms with Gasteiger partial charge in [-0.15, -0.1) is 10.2 Å². The Labute approximate surface area is 97.5 Å². The lowest BCUT2D eigenvalue weighted by Crippen LogP contribution is -2.33. The molecule has 0 radical (unpaired) electrons. The Bertz CT molecular complexity index is 328. The molecule has 2 rings (SSSR count). The zero-order valence-electron chi connectivity index (χ0n) is 10.5. The molecule has 0 saturated heterocycles. The van der Waals surface area contributed by atoms with Crippen LogP contribution in [-0.2, 0) is 6.54 Å². The van der Waals surface area contributed by atoms with Crippen molar-refractivity contribution in [2.75, 3.05) is 0 Å². The van der Waals surface area contributed by atoms with Crippen molar-refractivity contribution in [1.29, 1.82) is 0 Å². The van der Waals surface area contributed by atoms with Crippen LogP contribution in [0.15, 0.2) is 6.33 Å². The van der Waals surface area contributed by atoms with Gasteiger partial charge in [0.1, 0.15) is 12.2 Å². The van der Waals surface area contributed by atoms with E-state index in [1.165, 1.54) is 12.8 Å². The summed E-state index contributed by atoms with van der Waals surface area (Å²) in [6.45, 7) is 7.58. The quantitative estimate of drug-likeness (QED) is 0.802. The van der Waals surface area contributed by atoms with Gasteiger partial charge in [0, 0.05) is 12.1 Å². The number of nitrogens with zero attached hydrogens (tertiary/aromatic N) is 3. The molecule has 0 aromatic carbocycles. The van der Waals surface area contributed by atoms with Crippen LogP contribution in [-0.4, -0.2) is 20.8 Å². The standard InChI is InChI=1S/C12H22N4/c1-4-11(9(2)3)13-7-12-15-14-8-16(12)10-5-6-10/h8-11,13H,4-7H2,1-3H3. The first-order valence-corrected chi connectivity index (χ1v) is 6.34. The molecule has 1 aromatic heterocycles. The monoisotopic (exact) mass is 222 g/mol. The molecule has 0 bridgehead atoms. The first-order chi connectivity index (χ1) is 7.72. The van der Waals surface area contributed by atoms with Crippen molar-refractivity contribution in [3.63, 3.8) is 0 Å². The van der Waals surface area contributed by atoms with Crippen molar-refractivity contribution in [2.45, 2.75) is 58.7 Å². The van der Waals surface area contributed by atoms with Crippen molar-refractivity contribution >= 4 is 0 Å². The molecule has 0 aliphatic heterocycles. The van der Waals surface area contributed by atoms with E-state index < -0.39 is 0 Å². The third-order valence-corrected chi connectivity index (χ3v) is 3.35. The Hall–Kier alpha value is -0.900. The minimum Gasteiger partial charge on any atom is -0.313 e. The maximum Gasteiger partial charge on any atom is 0.147 e. The molecule has 1 aromatic rings. The molecule has 4 heteroatoms. The lowest BCUT2D eigenvalue weighted by molar-refractivity contribution is 0.380. The lowest BCUT2D eigenvalue weighted by Gasteiger charge is -2.20. The third kappa shape index (κ3) is 2.61. The molecule has 90 valence electrons. The molecule has 1 aliphatic carbocycles. The van der Waals surface area contributed by atoms with Crippen LogP contribution in [0.5, 0.6) is 0 Å². The van der Waals surface area contributed by atoms with Crippen LogP contribution in [0.25, 0.3) is 0 Å². The first kappa shape index (κ1) is 11.6. The lowest BCUT2D eigenvalue weighted by atomic mass is 10.0. The van der Waals surface area contributed by atoms with Gasteiger partial charge in [-0.1, -0.05) is 20.8 Å². The topological polar surface area (TPSA) is 42.7 Å². The summed E-state index contributed by atoms with van der Waals surface area (Å²) < 4.78 is 2.22. The second kappa shape index (κ2) is 4.95. The van der Waals surface area contributed by atoms with Gasteiger partial charge in [-0.3, -0.25) is 0 Å². The smallest absolute Gasteiger partial charge is 0.147 e. The summed E-state index contributed by atoms with van der Waals surface area (Å²) in [6, 6.07) is 1.25. The Morgan fingerprint density at radius 1 is 1.50 bits per heavy atom. The van der Waals surface area contributed by atoms with E-state index in [1.807, 2.05) is 6.33 Å². The van der Waals surface area contributed by atoms with Crippen molar-refractivity contribution in [3.8, 4) is 0 Å². The Morgan fingerprint density at radius 3 is 2.81 bits per heavy atom. The van der Waals surface area contributed by atoms with E-state index in [1.54, 1.807) is 0 Å². The minimum absolute atomic E-state index is 0.573. The fourth-order valence-electron chi connectivity index (χ4n) is 2.12. The summed E-state index contributed by atoms with van der Waals surface area (Å²) in [5, 5.41) is 11.8. The number of rotatable bonds is 6. The number of hydrogen-bond acceptors (Lipinski definition) is 3. The van der Waals surface area contributed by atoms with Gasteiger partial charge in [-0.05, 0) is 25.2 Å². The highest BCUT2D eigenvalue weighted by molar-refractivity contribution is 4.94. The van der Waals surface area contributed by atoms with E-state index in [2.05, 4.69) is 40.9 Å². The van der Waals surface area contributed by atoms with Gasteiger partial charge >= 0.3 is 0 Å². The maximum atomic E-state index is 4.19. The van der Waals surface area contributed by atoms with Crippen molar-refractivity contribution in [2.24, 2.45) is 5.92 Å². The second-order valence-electron chi connectivity index (χ2n) is 5.03. The molecule has 0 spiro atoms.